The number of aliphatic hydroxyl groups is 5. The van der Waals surface area contributed by atoms with E-state index in [9.17, 15) is 35.1 Å². The summed E-state index contributed by atoms with van der Waals surface area (Å²) in [5.74, 6) is -1.35. The van der Waals surface area contributed by atoms with Crippen LogP contribution in [0.15, 0.2) is 134 Å². The molecule has 1 heterocycles. The second kappa shape index (κ2) is 45.0. The molecule has 11 nitrogen and oxygen atoms in total. The highest BCUT2D eigenvalue weighted by Crippen LogP contribution is 2.26. The molecule has 0 aromatic carbocycles. The summed E-state index contributed by atoms with van der Waals surface area (Å²) in [4.78, 5) is 26.3. The zero-order valence-corrected chi connectivity index (χ0v) is 42.4. The molecule has 8 atom stereocenters. The molecule has 1 fully saturated rings. The van der Waals surface area contributed by atoms with Crippen molar-refractivity contribution in [2.75, 3.05) is 13.2 Å². The van der Waals surface area contributed by atoms with Gasteiger partial charge in [-0.1, -0.05) is 206 Å². The summed E-state index contributed by atoms with van der Waals surface area (Å²) >= 11 is 0. The van der Waals surface area contributed by atoms with E-state index >= 15 is 0 Å². The molecule has 0 bridgehead atoms. The number of rotatable bonds is 40. The van der Waals surface area contributed by atoms with Gasteiger partial charge in [0.1, 0.15) is 24.4 Å². The zero-order valence-electron chi connectivity index (χ0n) is 42.4. The van der Waals surface area contributed by atoms with Crippen molar-refractivity contribution >= 4 is 11.9 Å². The van der Waals surface area contributed by atoms with Gasteiger partial charge in [-0.2, -0.15) is 0 Å². The maximum absolute atomic E-state index is 13.3. The highest BCUT2D eigenvalue weighted by Gasteiger charge is 2.47. The summed E-state index contributed by atoms with van der Waals surface area (Å²) in [5, 5.41) is 56.4. The summed E-state index contributed by atoms with van der Waals surface area (Å²) in [6.07, 6.45) is 52.4. The fraction of sp³-hybridized carbons (Fsp3) is 0.586. The molecule has 1 aliphatic heterocycles. The van der Waals surface area contributed by atoms with Crippen molar-refractivity contribution < 1.29 is 49.3 Å². The van der Waals surface area contributed by atoms with Gasteiger partial charge in [-0.25, -0.2) is 0 Å². The van der Waals surface area contributed by atoms with Crippen LogP contribution in [0.25, 0.3) is 0 Å². The highest BCUT2D eigenvalue weighted by molar-refractivity contribution is 5.80. The average Bonchev–Trinajstić information content (AvgIpc) is 3.34. The largest absolute Gasteiger partial charge is 0.454 e. The van der Waals surface area contributed by atoms with Crippen molar-refractivity contribution in [2.45, 2.75) is 205 Å². The molecular formula is C58H91NO10. The summed E-state index contributed by atoms with van der Waals surface area (Å²) in [7, 11) is 0. The number of allylic oxidation sites excluding steroid dienone is 21. The number of ether oxygens (including phenoxy) is 3. The molecule has 69 heavy (non-hydrogen) atoms. The lowest BCUT2D eigenvalue weighted by molar-refractivity contribution is -0.305. The Hall–Kier alpha value is -4.20. The smallest absolute Gasteiger partial charge is 0.306 e. The molecule has 6 N–H and O–H groups in total. The van der Waals surface area contributed by atoms with E-state index in [1.807, 2.05) is 72.9 Å². The van der Waals surface area contributed by atoms with Crippen LogP contribution >= 0.6 is 0 Å². The van der Waals surface area contributed by atoms with Gasteiger partial charge >= 0.3 is 5.97 Å². The number of amides is 1. The minimum absolute atomic E-state index is 0.0279. The van der Waals surface area contributed by atoms with Gasteiger partial charge < -0.3 is 45.1 Å². The fourth-order valence-corrected chi connectivity index (χ4v) is 7.06. The zero-order chi connectivity index (χ0) is 50.4. The van der Waals surface area contributed by atoms with E-state index in [4.69, 9.17) is 14.2 Å². The molecule has 8 unspecified atom stereocenters. The Morgan fingerprint density at radius 1 is 0.594 bits per heavy atom. The molecule has 1 amide bonds. The number of hydrogen-bond acceptors (Lipinski definition) is 10. The van der Waals surface area contributed by atoms with Gasteiger partial charge in [-0.05, 0) is 77.0 Å². The maximum atomic E-state index is 13.3. The minimum atomic E-state index is -1.66. The summed E-state index contributed by atoms with van der Waals surface area (Å²) in [6, 6.07) is -1.08. The number of nitrogens with one attached hydrogen (secondary N) is 1. The first-order valence-corrected chi connectivity index (χ1v) is 26.0. The second-order valence-corrected chi connectivity index (χ2v) is 17.3. The molecule has 0 aromatic rings. The number of carbonyl (C=O) groups excluding carboxylic acids is 2. The van der Waals surface area contributed by atoms with E-state index in [1.54, 1.807) is 6.08 Å². The molecule has 0 spiro atoms. The Balaban J connectivity index is 2.86. The first-order chi connectivity index (χ1) is 33.7. The Morgan fingerprint density at radius 3 is 1.70 bits per heavy atom. The Kier molecular flexibility index (Phi) is 40.9. The molecule has 0 aromatic heterocycles. The number of esters is 1. The van der Waals surface area contributed by atoms with Gasteiger partial charge in [-0.3, -0.25) is 9.59 Å². The molecule has 1 aliphatic rings. The molecular weight excluding hydrogens is 871 g/mol. The third-order valence-electron chi connectivity index (χ3n) is 11.2. The van der Waals surface area contributed by atoms with Crippen molar-refractivity contribution in [3.05, 3.63) is 134 Å². The molecule has 0 saturated carbocycles. The topological polar surface area (TPSA) is 175 Å². The van der Waals surface area contributed by atoms with Crippen LogP contribution < -0.4 is 5.32 Å². The number of unbranched alkanes of at least 4 members (excludes halogenated alkanes) is 10. The van der Waals surface area contributed by atoms with E-state index in [0.717, 1.165) is 64.2 Å². The Bertz CT molecular complexity index is 1620. The van der Waals surface area contributed by atoms with Crippen LogP contribution in [0.1, 0.15) is 156 Å². The standard InChI is InChI=1S/C58H91NO10/c1-4-7-10-13-16-19-22-24-25-26-27-28-31-34-37-40-43-46-53(63)69-56-55(65)54(64)52(47-60)68-58(56)67-48-49(50(61)44-41-38-35-32-29-21-18-15-12-9-6-3)59-57(66)51(62)45-42-39-36-33-30-23-20-17-14-11-8-5-2/h7-8,10-11,14,16-17,19-20,23-25,27-28,30,33-34,36-37,39,41,44,49-52,54-56,58,60-62,64-65H,4-6,9,12-13,15,18,21-22,26,29,31-32,35,38,40,42-43,45-48H2,1-3H3,(H,59,66)/b10-7-,11-8+,17-14+,19-16-,23-20-,25-24-,28-27-,33-30-,37-34-,39-36+,44-41+. The lowest BCUT2D eigenvalue weighted by Gasteiger charge is -2.41. The normalized spacial score (nSPS) is 21.0. The van der Waals surface area contributed by atoms with E-state index in [1.165, 1.54) is 38.5 Å². The van der Waals surface area contributed by atoms with Gasteiger partial charge in [-0.15, -0.1) is 0 Å². The maximum Gasteiger partial charge on any atom is 0.306 e. The predicted molar refractivity (Wildman–Crippen MR) is 282 cm³/mol. The van der Waals surface area contributed by atoms with Gasteiger partial charge in [0, 0.05) is 6.42 Å². The first-order valence-electron chi connectivity index (χ1n) is 26.0. The molecule has 0 radical (unpaired) electrons. The van der Waals surface area contributed by atoms with Crippen LogP contribution in [-0.4, -0.2) is 99.6 Å². The Morgan fingerprint density at radius 2 is 1.12 bits per heavy atom. The summed E-state index contributed by atoms with van der Waals surface area (Å²) < 4.78 is 17.4. The fourth-order valence-electron chi connectivity index (χ4n) is 7.06. The van der Waals surface area contributed by atoms with Gasteiger partial charge in [0.05, 0.1) is 25.4 Å². The van der Waals surface area contributed by atoms with Gasteiger partial charge in [0.15, 0.2) is 12.4 Å². The number of aliphatic hydroxyl groups excluding tert-OH is 5. The quantitative estimate of drug-likeness (QED) is 0.0150. The molecule has 11 heteroatoms. The van der Waals surface area contributed by atoms with Gasteiger partial charge in [0.25, 0.3) is 0 Å². The molecule has 388 valence electrons. The summed E-state index contributed by atoms with van der Waals surface area (Å²) in [6.45, 7) is 5.38. The van der Waals surface area contributed by atoms with Crippen molar-refractivity contribution in [3.8, 4) is 0 Å². The van der Waals surface area contributed by atoms with E-state index in [-0.39, 0.29) is 19.4 Å². The van der Waals surface area contributed by atoms with Crippen LogP contribution in [-0.2, 0) is 23.8 Å². The van der Waals surface area contributed by atoms with Crippen LogP contribution in [0.2, 0.25) is 0 Å². The number of carbonyl (C=O) groups is 2. The van der Waals surface area contributed by atoms with Crippen LogP contribution in [0.3, 0.4) is 0 Å². The van der Waals surface area contributed by atoms with Crippen LogP contribution in [0.4, 0.5) is 0 Å². The SMILES string of the molecule is CC/C=C\C/C=C\C/C=C\C/C=C\C/C=C\CCCC(=O)OC1C(OCC(NC(=O)C(O)CC/C=C/C=C\C=C/C=C/C=C/CC)C(O)/C=C/CCCCCCCCCCC)OC(CO)C(O)C1O. The van der Waals surface area contributed by atoms with E-state index in [2.05, 4.69) is 80.8 Å². The lowest BCUT2D eigenvalue weighted by Crippen LogP contribution is -2.61. The van der Waals surface area contributed by atoms with Crippen molar-refractivity contribution in [2.24, 2.45) is 0 Å². The van der Waals surface area contributed by atoms with E-state index in [0.29, 0.717) is 19.3 Å². The third-order valence-corrected chi connectivity index (χ3v) is 11.2. The summed E-state index contributed by atoms with van der Waals surface area (Å²) in [5.41, 5.74) is 0. The lowest BCUT2D eigenvalue weighted by atomic mass is 9.99. The molecule has 1 rings (SSSR count). The third kappa shape index (κ3) is 33.9. The monoisotopic (exact) mass is 962 g/mol. The van der Waals surface area contributed by atoms with Crippen LogP contribution in [0.5, 0.6) is 0 Å². The van der Waals surface area contributed by atoms with E-state index < -0.39 is 67.4 Å². The number of hydrogen-bond donors (Lipinski definition) is 6. The second-order valence-electron chi connectivity index (χ2n) is 17.3. The van der Waals surface area contributed by atoms with Crippen molar-refractivity contribution in [1.29, 1.82) is 0 Å². The van der Waals surface area contributed by atoms with Crippen LogP contribution in [0, 0.1) is 0 Å². The van der Waals surface area contributed by atoms with Gasteiger partial charge in [0.2, 0.25) is 5.91 Å². The molecule has 1 saturated heterocycles. The first kappa shape index (κ1) is 62.8. The Labute approximate surface area is 416 Å². The minimum Gasteiger partial charge on any atom is -0.454 e. The average molecular weight is 962 g/mol. The van der Waals surface area contributed by atoms with Crippen molar-refractivity contribution in [1.82, 2.24) is 5.32 Å². The molecule has 0 aliphatic carbocycles. The predicted octanol–water partition coefficient (Wildman–Crippen LogP) is 10.9. The van der Waals surface area contributed by atoms with Crippen molar-refractivity contribution in [3.63, 3.8) is 0 Å². The highest BCUT2D eigenvalue weighted by atomic mass is 16.7.